The average Bonchev–Trinajstić information content (AvgIpc) is 2.36. The van der Waals surface area contributed by atoms with Gasteiger partial charge in [-0.05, 0) is 18.2 Å². The summed E-state index contributed by atoms with van der Waals surface area (Å²) in [5.74, 6) is -0.968. The highest BCUT2D eigenvalue weighted by molar-refractivity contribution is 5.97. The van der Waals surface area contributed by atoms with Crippen LogP contribution in [0, 0.1) is 0 Å². The summed E-state index contributed by atoms with van der Waals surface area (Å²) < 4.78 is 0. The number of carboxylic acids is 1. The molecule has 2 rings (SSSR count). The number of aromatic nitrogens is 2. The van der Waals surface area contributed by atoms with E-state index in [2.05, 4.69) is 9.97 Å². The summed E-state index contributed by atoms with van der Waals surface area (Å²) in [5.41, 5.74) is 5.79. The molecule has 0 aliphatic carbocycles. The molecule has 3 N–H and O–H groups in total. The predicted molar refractivity (Wildman–Crippen MR) is 69.0 cm³/mol. The molecule has 0 atom stereocenters. The Kier molecular flexibility index (Phi) is 3.28. The van der Waals surface area contributed by atoms with E-state index in [0.717, 1.165) is 0 Å². The molecule has 0 bridgehead atoms. The number of nitrogens with zero attached hydrogens (tertiary/aromatic N) is 3. The number of anilines is 1. The number of nitrogens with two attached hydrogens (primary N) is 1. The average molecular weight is 260 g/mol. The molecule has 0 saturated heterocycles. The van der Waals surface area contributed by atoms with Crippen LogP contribution < -0.4 is 10.6 Å². The zero-order valence-electron chi connectivity index (χ0n) is 10.2. The maximum Gasteiger partial charge on any atom is 0.335 e. The molecular formula is C12H12N4O3. The summed E-state index contributed by atoms with van der Waals surface area (Å²) in [7, 11) is 1.68. The van der Waals surface area contributed by atoms with Crippen molar-refractivity contribution in [2.75, 3.05) is 18.5 Å². The van der Waals surface area contributed by atoms with Gasteiger partial charge in [0.05, 0.1) is 17.6 Å². The van der Waals surface area contributed by atoms with Crippen LogP contribution in [0.15, 0.2) is 24.5 Å². The number of rotatable bonds is 4. The van der Waals surface area contributed by atoms with Gasteiger partial charge < -0.3 is 15.7 Å². The Labute approximate surface area is 108 Å². The lowest BCUT2D eigenvalue weighted by Crippen LogP contribution is -2.31. The second-order valence-electron chi connectivity index (χ2n) is 4.06. The second kappa shape index (κ2) is 4.89. The number of benzene rings is 1. The van der Waals surface area contributed by atoms with E-state index in [1.807, 2.05) is 0 Å². The first kappa shape index (κ1) is 12.7. The van der Waals surface area contributed by atoms with Crippen LogP contribution in [0.25, 0.3) is 10.9 Å². The summed E-state index contributed by atoms with van der Waals surface area (Å²) in [6.45, 7) is 0.0206. The Morgan fingerprint density at radius 1 is 1.37 bits per heavy atom. The zero-order valence-corrected chi connectivity index (χ0v) is 10.2. The molecule has 0 saturated carbocycles. The lowest BCUT2D eigenvalue weighted by molar-refractivity contribution is -0.116. The first-order valence-corrected chi connectivity index (χ1v) is 5.46. The van der Waals surface area contributed by atoms with Gasteiger partial charge in [-0.1, -0.05) is 0 Å². The van der Waals surface area contributed by atoms with Crippen LogP contribution >= 0.6 is 0 Å². The molecule has 7 heteroatoms. The molecule has 98 valence electrons. The minimum absolute atomic E-state index is 0.0206. The number of likely N-dealkylation sites (N-methyl/N-ethyl adjacent to an activating group) is 1. The number of primary amides is 1. The SMILES string of the molecule is CN(CC(N)=O)c1ncnc2cc(C(=O)O)ccc12. The summed E-state index contributed by atoms with van der Waals surface area (Å²) in [5, 5.41) is 9.59. The highest BCUT2D eigenvalue weighted by Crippen LogP contribution is 2.22. The lowest BCUT2D eigenvalue weighted by atomic mass is 10.1. The van der Waals surface area contributed by atoms with E-state index >= 15 is 0 Å². The molecule has 1 aromatic carbocycles. The first-order valence-electron chi connectivity index (χ1n) is 5.46. The third-order valence-electron chi connectivity index (χ3n) is 2.62. The number of hydrogen-bond acceptors (Lipinski definition) is 5. The largest absolute Gasteiger partial charge is 0.478 e. The maximum absolute atomic E-state index is 10.9. The number of carbonyl (C=O) groups excluding carboxylic acids is 1. The van der Waals surface area contributed by atoms with E-state index in [4.69, 9.17) is 10.8 Å². The molecule has 7 nitrogen and oxygen atoms in total. The van der Waals surface area contributed by atoms with Crippen LogP contribution in [0.3, 0.4) is 0 Å². The van der Waals surface area contributed by atoms with Crippen molar-refractivity contribution in [1.82, 2.24) is 9.97 Å². The van der Waals surface area contributed by atoms with Crippen LogP contribution in [-0.4, -0.2) is 40.5 Å². The fraction of sp³-hybridized carbons (Fsp3) is 0.167. The molecule has 0 unspecified atom stereocenters. The Balaban J connectivity index is 2.51. The van der Waals surface area contributed by atoms with Gasteiger partial charge >= 0.3 is 5.97 Å². The summed E-state index contributed by atoms with van der Waals surface area (Å²) in [6.07, 6.45) is 1.32. The fourth-order valence-corrected chi connectivity index (χ4v) is 1.79. The molecule has 1 amide bonds. The molecular weight excluding hydrogens is 248 g/mol. The second-order valence-corrected chi connectivity index (χ2v) is 4.06. The smallest absolute Gasteiger partial charge is 0.335 e. The predicted octanol–water partition coefficient (Wildman–Crippen LogP) is 0.249. The monoisotopic (exact) mass is 260 g/mol. The van der Waals surface area contributed by atoms with Gasteiger partial charge in [-0.2, -0.15) is 0 Å². The number of aromatic carboxylic acids is 1. The van der Waals surface area contributed by atoms with Crippen LogP contribution in [-0.2, 0) is 4.79 Å². The number of fused-ring (bicyclic) bond motifs is 1. The van der Waals surface area contributed by atoms with Gasteiger partial charge in [0.25, 0.3) is 0 Å². The van der Waals surface area contributed by atoms with Crippen LogP contribution in [0.5, 0.6) is 0 Å². The van der Waals surface area contributed by atoms with Crippen molar-refractivity contribution >= 4 is 28.6 Å². The van der Waals surface area contributed by atoms with Crippen molar-refractivity contribution in [1.29, 1.82) is 0 Å². The molecule has 0 aliphatic rings. The maximum atomic E-state index is 10.9. The molecule has 0 radical (unpaired) electrons. The number of amides is 1. The van der Waals surface area contributed by atoms with Gasteiger partial charge in [-0.25, -0.2) is 14.8 Å². The highest BCUT2D eigenvalue weighted by atomic mass is 16.4. The van der Waals surface area contributed by atoms with Gasteiger partial charge in [-0.3, -0.25) is 4.79 Å². The molecule has 1 aromatic heterocycles. The van der Waals surface area contributed by atoms with Crippen molar-refractivity contribution in [3.8, 4) is 0 Å². The van der Waals surface area contributed by atoms with Crippen molar-refractivity contribution in [3.05, 3.63) is 30.1 Å². The minimum atomic E-state index is -1.02. The Morgan fingerprint density at radius 3 is 2.74 bits per heavy atom. The van der Waals surface area contributed by atoms with E-state index in [1.165, 1.54) is 18.5 Å². The molecule has 0 spiro atoms. The van der Waals surface area contributed by atoms with E-state index in [-0.39, 0.29) is 12.1 Å². The summed E-state index contributed by atoms with van der Waals surface area (Å²) in [4.78, 5) is 31.5. The Hall–Kier alpha value is -2.70. The third kappa shape index (κ3) is 2.59. The lowest BCUT2D eigenvalue weighted by Gasteiger charge is -2.17. The molecule has 0 fully saturated rings. The quantitative estimate of drug-likeness (QED) is 0.815. The number of hydrogen-bond donors (Lipinski definition) is 2. The standard InChI is InChI=1S/C12H12N4O3/c1-16(5-10(13)17)11-8-3-2-7(12(18)19)4-9(8)14-6-15-11/h2-4,6H,5H2,1H3,(H2,13,17)(H,18,19). The van der Waals surface area contributed by atoms with Crippen molar-refractivity contribution in [2.45, 2.75) is 0 Å². The minimum Gasteiger partial charge on any atom is -0.478 e. The van der Waals surface area contributed by atoms with Crippen LogP contribution in [0.2, 0.25) is 0 Å². The fourth-order valence-electron chi connectivity index (χ4n) is 1.79. The molecule has 2 aromatic rings. The van der Waals surface area contributed by atoms with Crippen molar-refractivity contribution in [3.63, 3.8) is 0 Å². The Morgan fingerprint density at radius 2 is 2.11 bits per heavy atom. The van der Waals surface area contributed by atoms with Gasteiger partial charge in [0.1, 0.15) is 12.1 Å². The number of carbonyl (C=O) groups is 2. The van der Waals surface area contributed by atoms with E-state index in [1.54, 1.807) is 18.0 Å². The third-order valence-corrected chi connectivity index (χ3v) is 2.62. The molecule has 1 heterocycles. The summed E-state index contributed by atoms with van der Waals surface area (Å²) >= 11 is 0. The molecule has 19 heavy (non-hydrogen) atoms. The van der Waals surface area contributed by atoms with Gasteiger partial charge in [0.15, 0.2) is 0 Å². The van der Waals surface area contributed by atoms with Crippen molar-refractivity contribution in [2.24, 2.45) is 5.73 Å². The summed E-state index contributed by atoms with van der Waals surface area (Å²) in [6, 6.07) is 4.54. The van der Waals surface area contributed by atoms with Gasteiger partial charge in [0.2, 0.25) is 5.91 Å². The molecule has 0 aliphatic heterocycles. The Bertz CT molecular complexity index is 656. The van der Waals surface area contributed by atoms with E-state index < -0.39 is 11.9 Å². The first-order chi connectivity index (χ1) is 8.99. The van der Waals surface area contributed by atoms with E-state index in [9.17, 15) is 9.59 Å². The van der Waals surface area contributed by atoms with Gasteiger partial charge in [-0.15, -0.1) is 0 Å². The van der Waals surface area contributed by atoms with Crippen molar-refractivity contribution < 1.29 is 14.7 Å². The normalized spacial score (nSPS) is 10.4. The van der Waals surface area contributed by atoms with E-state index in [0.29, 0.717) is 16.7 Å². The van der Waals surface area contributed by atoms with Gasteiger partial charge in [0, 0.05) is 12.4 Å². The number of carboxylic acid groups (broad SMARTS) is 1. The van der Waals surface area contributed by atoms with Crippen LogP contribution in [0.4, 0.5) is 5.82 Å². The topological polar surface area (TPSA) is 109 Å². The zero-order chi connectivity index (χ0) is 14.0. The van der Waals surface area contributed by atoms with Crippen LogP contribution in [0.1, 0.15) is 10.4 Å². The highest BCUT2D eigenvalue weighted by Gasteiger charge is 2.12.